The van der Waals surface area contributed by atoms with E-state index in [-0.39, 0.29) is 0 Å². The number of aliphatic hydroxyl groups excluding tert-OH is 2. The molecule has 0 aliphatic carbocycles. The number of nitro groups is 2. The number of aliphatic hydroxyl groups is 2. The summed E-state index contributed by atoms with van der Waals surface area (Å²) in [6.45, 7) is -0.949. The highest BCUT2D eigenvalue weighted by molar-refractivity contribution is 4.84. The van der Waals surface area contributed by atoms with Crippen LogP contribution in [0.2, 0.25) is 0 Å². The van der Waals surface area contributed by atoms with Crippen LogP contribution in [-0.4, -0.2) is 44.7 Å². The summed E-state index contributed by atoms with van der Waals surface area (Å²) in [6.07, 6.45) is -4.05. The molecule has 1 aliphatic heterocycles. The average molecular weight is 194 g/mol. The molecule has 0 amide bonds. The molecular weight excluding hydrogens is 188 g/mol. The minimum atomic E-state index is -2.85. The summed E-state index contributed by atoms with van der Waals surface area (Å²) in [7, 11) is 0. The van der Waals surface area contributed by atoms with Crippen LogP contribution in [0.1, 0.15) is 0 Å². The highest BCUT2D eigenvalue weighted by atomic mass is 16.7. The first kappa shape index (κ1) is 9.77. The van der Waals surface area contributed by atoms with Gasteiger partial charge in [0.15, 0.2) is 12.9 Å². The zero-order valence-electron chi connectivity index (χ0n) is 6.19. The molecular formula is C4H6N2O7. The first-order valence-electron chi connectivity index (χ1n) is 3.19. The van der Waals surface area contributed by atoms with E-state index in [1.807, 2.05) is 0 Å². The molecule has 0 saturated carbocycles. The van der Waals surface area contributed by atoms with Gasteiger partial charge in [0.05, 0.1) is 0 Å². The second-order valence-electron chi connectivity index (χ2n) is 2.54. The monoisotopic (exact) mass is 194 g/mol. The van der Waals surface area contributed by atoms with Gasteiger partial charge in [-0.3, -0.25) is 20.2 Å². The van der Waals surface area contributed by atoms with Gasteiger partial charge in [0, 0.05) is 0 Å². The SMILES string of the molecule is O=[N+]([O-])C1([N+](=O)[O-])COC(O)C1O. The molecule has 1 rings (SSSR count). The fourth-order valence-corrected chi connectivity index (χ4v) is 1.00. The number of hydrogen-bond donors (Lipinski definition) is 2. The molecule has 1 fully saturated rings. The van der Waals surface area contributed by atoms with Gasteiger partial charge in [-0.15, -0.1) is 0 Å². The lowest BCUT2D eigenvalue weighted by Crippen LogP contribution is -2.56. The van der Waals surface area contributed by atoms with Crippen LogP contribution in [0.25, 0.3) is 0 Å². The summed E-state index contributed by atoms with van der Waals surface area (Å²) in [5, 5.41) is 38.4. The van der Waals surface area contributed by atoms with E-state index in [1.54, 1.807) is 0 Å². The lowest BCUT2D eigenvalue weighted by atomic mass is 10.1. The molecule has 2 atom stereocenters. The van der Waals surface area contributed by atoms with Crippen molar-refractivity contribution in [1.29, 1.82) is 0 Å². The van der Waals surface area contributed by atoms with Crippen molar-refractivity contribution in [1.82, 2.24) is 0 Å². The van der Waals surface area contributed by atoms with Crippen molar-refractivity contribution >= 4 is 0 Å². The van der Waals surface area contributed by atoms with E-state index in [1.165, 1.54) is 0 Å². The van der Waals surface area contributed by atoms with Gasteiger partial charge in [0.25, 0.3) is 0 Å². The third-order valence-corrected chi connectivity index (χ3v) is 1.84. The fraction of sp³-hybridized carbons (Fsp3) is 1.00. The normalized spacial score (nSPS) is 31.5. The summed E-state index contributed by atoms with van der Waals surface area (Å²) < 4.78 is 4.23. The summed E-state index contributed by atoms with van der Waals surface area (Å²) in [5.41, 5.74) is -2.85. The Kier molecular flexibility index (Phi) is 2.15. The Balaban J connectivity index is 3.06. The highest BCUT2D eigenvalue weighted by Gasteiger charge is 2.70. The maximum atomic E-state index is 10.3. The highest BCUT2D eigenvalue weighted by Crippen LogP contribution is 2.27. The molecule has 9 nitrogen and oxygen atoms in total. The average Bonchev–Trinajstić information content (AvgIpc) is 2.30. The molecule has 0 bridgehead atoms. The van der Waals surface area contributed by atoms with Gasteiger partial charge in [0.2, 0.25) is 6.10 Å². The fourth-order valence-electron chi connectivity index (χ4n) is 1.00. The van der Waals surface area contributed by atoms with Crippen molar-refractivity contribution in [2.75, 3.05) is 6.61 Å². The van der Waals surface area contributed by atoms with Crippen LogP contribution < -0.4 is 0 Å². The maximum Gasteiger partial charge on any atom is 0.510 e. The van der Waals surface area contributed by atoms with Crippen LogP contribution in [0, 0.1) is 20.2 Å². The Morgan fingerprint density at radius 2 is 1.77 bits per heavy atom. The quantitative estimate of drug-likeness (QED) is 0.293. The van der Waals surface area contributed by atoms with E-state index in [0.717, 1.165) is 0 Å². The van der Waals surface area contributed by atoms with Gasteiger partial charge in [-0.25, -0.2) is 0 Å². The van der Waals surface area contributed by atoms with Crippen molar-refractivity contribution < 1.29 is 24.8 Å². The summed E-state index contributed by atoms with van der Waals surface area (Å²) in [4.78, 5) is 18.1. The number of hydrogen-bond acceptors (Lipinski definition) is 7. The van der Waals surface area contributed by atoms with Crippen LogP contribution in [0.5, 0.6) is 0 Å². The largest absolute Gasteiger partial charge is 0.510 e. The minimum Gasteiger partial charge on any atom is -0.375 e. The van der Waals surface area contributed by atoms with Gasteiger partial charge in [-0.05, 0) is 0 Å². The van der Waals surface area contributed by atoms with E-state index < -0.39 is 34.5 Å². The van der Waals surface area contributed by atoms with Crippen molar-refractivity contribution in [2.24, 2.45) is 0 Å². The van der Waals surface area contributed by atoms with Crippen LogP contribution >= 0.6 is 0 Å². The molecule has 13 heavy (non-hydrogen) atoms. The molecule has 1 heterocycles. The maximum absolute atomic E-state index is 10.3. The summed E-state index contributed by atoms with van der Waals surface area (Å²) in [6, 6.07) is 0. The van der Waals surface area contributed by atoms with E-state index >= 15 is 0 Å². The molecule has 74 valence electrons. The third kappa shape index (κ3) is 1.13. The standard InChI is InChI=1S/C4H6N2O7/c7-2-3(8)13-1-4(2,5(9)10)6(11)12/h2-3,7-8H,1H2. The Morgan fingerprint density at radius 1 is 1.31 bits per heavy atom. The number of ether oxygens (including phenoxy) is 1. The van der Waals surface area contributed by atoms with Crippen LogP contribution in [0.4, 0.5) is 0 Å². The van der Waals surface area contributed by atoms with Crippen molar-refractivity contribution in [3.8, 4) is 0 Å². The second-order valence-corrected chi connectivity index (χ2v) is 2.54. The molecule has 0 aromatic carbocycles. The molecule has 2 unspecified atom stereocenters. The number of nitrogens with zero attached hydrogens (tertiary/aromatic N) is 2. The van der Waals surface area contributed by atoms with E-state index in [0.29, 0.717) is 0 Å². The molecule has 1 aliphatic rings. The van der Waals surface area contributed by atoms with Gasteiger partial charge < -0.3 is 14.9 Å². The lowest BCUT2D eigenvalue weighted by Gasteiger charge is -2.13. The van der Waals surface area contributed by atoms with Gasteiger partial charge in [-0.1, -0.05) is 0 Å². The van der Waals surface area contributed by atoms with Gasteiger partial charge in [0.1, 0.15) is 9.85 Å². The molecule has 0 spiro atoms. The second kappa shape index (κ2) is 2.87. The van der Waals surface area contributed by atoms with Crippen molar-refractivity contribution in [3.05, 3.63) is 20.2 Å². The molecule has 9 heteroatoms. The Hall–Kier alpha value is -1.32. The number of rotatable bonds is 2. The summed E-state index contributed by atoms with van der Waals surface area (Å²) >= 11 is 0. The predicted molar refractivity (Wildman–Crippen MR) is 34.7 cm³/mol. The Bertz CT molecular complexity index is 239. The zero-order chi connectivity index (χ0) is 10.2. The van der Waals surface area contributed by atoms with Gasteiger partial charge in [-0.2, -0.15) is 0 Å². The van der Waals surface area contributed by atoms with Gasteiger partial charge >= 0.3 is 5.66 Å². The van der Waals surface area contributed by atoms with Crippen LogP contribution in [0.3, 0.4) is 0 Å². The predicted octanol–water partition coefficient (Wildman–Crippen LogP) is -2.05. The topological polar surface area (TPSA) is 136 Å². The van der Waals surface area contributed by atoms with Crippen LogP contribution in [0.15, 0.2) is 0 Å². The minimum absolute atomic E-state index is 0.949. The van der Waals surface area contributed by atoms with E-state index in [9.17, 15) is 20.2 Å². The smallest absolute Gasteiger partial charge is 0.375 e. The Labute approximate surface area is 70.8 Å². The molecule has 0 radical (unpaired) electrons. The first-order chi connectivity index (χ1) is 5.93. The molecule has 1 saturated heterocycles. The van der Waals surface area contributed by atoms with Crippen LogP contribution in [-0.2, 0) is 4.74 Å². The Morgan fingerprint density at radius 3 is 1.92 bits per heavy atom. The first-order valence-corrected chi connectivity index (χ1v) is 3.19. The zero-order valence-corrected chi connectivity index (χ0v) is 6.19. The van der Waals surface area contributed by atoms with Crippen molar-refractivity contribution in [2.45, 2.75) is 18.1 Å². The molecule has 0 aromatic rings. The summed E-state index contributed by atoms with van der Waals surface area (Å²) in [5.74, 6) is 0. The lowest BCUT2D eigenvalue weighted by molar-refractivity contribution is -0.801. The van der Waals surface area contributed by atoms with Crippen molar-refractivity contribution in [3.63, 3.8) is 0 Å². The van der Waals surface area contributed by atoms with E-state index in [2.05, 4.69) is 4.74 Å². The third-order valence-electron chi connectivity index (χ3n) is 1.84. The molecule has 2 N–H and O–H groups in total. The van der Waals surface area contributed by atoms with E-state index in [4.69, 9.17) is 10.2 Å². The molecule has 0 aromatic heterocycles.